The van der Waals surface area contributed by atoms with E-state index < -0.39 is 15.6 Å². The van der Waals surface area contributed by atoms with Crippen LogP contribution in [0.4, 0.5) is 0 Å². The predicted octanol–water partition coefficient (Wildman–Crippen LogP) is 0.823. The number of hydrogen-bond donors (Lipinski definition) is 2. The van der Waals surface area contributed by atoms with Gasteiger partial charge < -0.3 is 9.73 Å². The maximum absolute atomic E-state index is 12.3. The van der Waals surface area contributed by atoms with Crippen LogP contribution in [0.15, 0.2) is 44.4 Å². The first-order valence-corrected chi connectivity index (χ1v) is 8.30. The van der Waals surface area contributed by atoms with Gasteiger partial charge in [-0.25, -0.2) is 17.9 Å². The molecule has 2 aromatic rings. The average molecular weight is 308 g/mol. The standard InChI is InChI=1S/C14H16N2O4S/c17-14-6-3-10-8-12(4-5-13(10)20-14)21(18,19)16-9-11-2-1-7-15-11/h3-6,8,11,15-16H,1-2,7,9H2. The second-order valence-electron chi connectivity index (χ2n) is 5.10. The molecule has 21 heavy (non-hydrogen) atoms. The second kappa shape index (κ2) is 5.59. The molecule has 0 radical (unpaired) electrons. The maximum atomic E-state index is 12.3. The largest absolute Gasteiger partial charge is 0.423 e. The smallest absolute Gasteiger partial charge is 0.336 e. The van der Waals surface area contributed by atoms with Gasteiger partial charge in [-0.05, 0) is 43.7 Å². The molecule has 112 valence electrons. The van der Waals surface area contributed by atoms with Crippen molar-refractivity contribution in [3.8, 4) is 0 Å². The van der Waals surface area contributed by atoms with Gasteiger partial charge in [-0.15, -0.1) is 0 Å². The van der Waals surface area contributed by atoms with Crippen molar-refractivity contribution in [1.29, 1.82) is 0 Å². The number of fused-ring (bicyclic) bond motifs is 1. The van der Waals surface area contributed by atoms with E-state index in [1.807, 2.05) is 0 Å². The van der Waals surface area contributed by atoms with Crippen molar-refractivity contribution in [2.75, 3.05) is 13.1 Å². The highest BCUT2D eigenvalue weighted by Gasteiger charge is 2.19. The van der Waals surface area contributed by atoms with Crippen LogP contribution in [0.3, 0.4) is 0 Å². The summed E-state index contributed by atoms with van der Waals surface area (Å²) in [5.41, 5.74) is -0.0811. The first-order valence-electron chi connectivity index (χ1n) is 6.81. The zero-order valence-corrected chi connectivity index (χ0v) is 12.2. The third kappa shape index (κ3) is 3.15. The van der Waals surface area contributed by atoms with Crippen LogP contribution in [0.5, 0.6) is 0 Å². The van der Waals surface area contributed by atoms with E-state index in [1.165, 1.54) is 24.3 Å². The summed E-state index contributed by atoms with van der Waals surface area (Å²) < 4.78 is 32.1. The molecule has 6 nitrogen and oxygen atoms in total. The maximum Gasteiger partial charge on any atom is 0.336 e. The molecule has 2 heterocycles. The zero-order valence-electron chi connectivity index (χ0n) is 11.3. The summed E-state index contributed by atoms with van der Waals surface area (Å²) >= 11 is 0. The number of sulfonamides is 1. The van der Waals surface area contributed by atoms with Gasteiger partial charge in [0, 0.05) is 24.0 Å². The molecule has 0 spiro atoms. The summed E-state index contributed by atoms with van der Waals surface area (Å²) in [5.74, 6) is 0. The Morgan fingerprint density at radius 1 is 1.29 bits per heavy atom. The van der Waals surface area contributed by atoms with Gasteiger partial charge in [0.2, 0.25) is 10.0 Å². The summed E-state index contributed by atoms with van der Waals surface area (Å²) in [4.78, 5) is 11.3. The van der Waals surface area contributed by atoms with Crippen molar-refractivity contribution >= 4 is 21.0 Å². The Hall–Kier alpha value is -1.70. The van der Waals surface area contributed by atoms with E-state index in [1.54, 1.807) is 6.07 Å². The summed E-state index contributed by atoms with van der Waals surface area (Å²) in [6.45, 7) is 1.31. The topological polar surface area (TPSA) is 88.4 Å². The fourth-order valence-corrected chi connectivity index (χ4v) is 3.56. The number of hydrogen-bond acceptors (Lipinski definition) is 5. The fourth-order valence-electron chi connectivity index (χ4n) is 2.44. The Kier molecular flexibility index (Phi) is 3.79. The van der Waals surface area contributed by atoms with Gasteiger partial charge in [0.25, 0.3) is 0 Å². The van der Waals surface area contributed by atoms with E-state index in [0.717, 1.165) is 19.4 Å². The first kappa shape index (κ1) is 14.2. The van der Waals surface area contributed by atoms with Crippen LogP contribution in [0, 0.1) is 0 Å². The molecule has 1 aromatic heterocycles. The quantitative estimate of drug-likeness (QED) is 0.817. The van der Waals surface area contributed by atoms with Crippen molar-refractivity contribution in [1.82, 2.24) is 10.0 Å². The normalized spacial score (nSPS) is 19.1. The molecule has 1 fully saturated rings. The molecule has 3 rings (SSSR count). The highest BCUT2D eigenvalue weighted by molar-refractivity contribution is 7.89. The van der Waals surface area contributed by atoms with Gasteiger partial charge in [-0.1, -0.05) is 0 Å². The first-order chi connectivity index (χ1) is 10.0. The Morgan fingerprint density at radius 3 is 2.90 bits per heavy atom. The van der Waals surface area contributed by atoms with Crippen LogP contribution < -0.4 is 15.7 Å². The molecular weight excluding hydrogens is 292 g/mol. The molecule has 1 unspecified atom stereocenters. The minimum absolute atomic E-state index is 0.168. The Morgan fingerprint density at radius 2 is 2.14 bits per heavy atom. The number of nitrogens with one attached hydrogen (secondary N) is 2. The van der Waals surface area contributed by atoms with E-state index >= 15 is 0 Å². The van der Waals surface area contributed by atoms with Crippen LogP contribution in [-0.4, -0.2) is 27.5 Å². The van der Waals surface area contributed by atoms with Gasteiger partial charge in [0.15, 0.2) is 0 Å². The molecule has 0 bridgehead atoms. The monoisotopic (exact) mass is 308 g/mol. The third-order valence-corrected chi connectivity index (χ3v) is 5.00. The number of benzene rings is 1. The van der Waals surface area contributed by atoms with E-state index in [4.69, 9.17) is 4.42 Å². The summed E-state index contributed by atoms with van der Waals surface area (Å²) in [6, 6.07) is 7.46. The van der Waals surface area contributed by atoms with Crippen molar-refractivity contribution in [2.24, 2.45) is 0 Å². The van der Waals surface area contributed by atoms with E-state index in [-0.39, 0.29) is 10.9 Å². The Balaban J connectivity index is 1.84. The van der Waals surface area contributed by atoms with Gasteiger partial charge >= 0.3 is 5.63 Å². The number of rotatable bonds is 4. The molecule has 0 amide bonds. The molecule has 1 aliphatic rings. The van der Waals surface area contributed by atoms with Gasteiger partial charge in [-0.2, -0.15) is 0 Å². The second-order valence-corrected chi connectivity index (χ2v) is 6.87. The average Bonchev–Trinajstić information content (AvgIpc) is 2.98. The minimum atomic E-state index is -3.56. The van der Waals surface area contributed by atoms with Gasteiger partial charge in [0.1, 0.15) is 5.58 Å². The molecule has 7 heteroatoms. The SMILES string of the molecule is O=c1ccc2cc(S(=O)(=O)NCC3CCCN3)ccc2o1. The molecule has 1 aliphatic heterocycles. The highest BCUT2D eigenvalue weighted by Crippen LogP contribution is 2.17. The van der Waals surface area contributed by atoms with Crippen molar-refractivity contribution in [3.05, 3.63) is 40.8 Å². The zero-order chi connectivity index (χ0) is 14.9. The molecule has 1 aromatic carbocycles. The molecule has 0 saturated carbocycles. The van der Waals surface area contributed by atoms with E-state index in [2.05, 4.69) is 10.0 Å². The van der Waals surface area contributed by atoms with Gasteiger partial charge in [0.05, 0.1) is 4.90 Å². The Bertz CT molecular complexity index is 807. The van der Waals surface area contributed by atoms with Crippen LogP contribution in [0.1, 0.15) is 12.8 Å². The highest BCUT2D eigenvalue weighted by atomic mass is 32.2. The lowest BCUT2D eigenvalue weighted by Crippen LogP contribution is -2.37. The van der Waals surface area contributed by atoms with E-state index in [9.17, 15) is 13.2 Å². The van der Waals surface area contributed by atoms with Crippen LogP contribution in [-0.2, 0) is 10.0 Å². The summed E-state index contributed by atoms with van der Waals surface area (Å²) in [6.07, 6.45) is 2.05. The van der Waals surface area contributed by atoms with Crippen LogP contribution in [0.25, 0.3) is 11.0 Å². The van der Waals surface area contributed by atoms with Crippen LogP contribution >= 0.6 is 0 Å². The minimum Gasteiger partial charge on any atom is -0.423 e. The van der Waals surface area contributed by atoms with E-state index in [0.29, 0.717) is 17.5 Å². The Labute approximate surface area is 122 Å². The molecule has 0 aliphatic carbocycles. The van der Waals surface area contributed by atoms with Crippen molar-refractivity contribution < 1.29 is 12.8 Å². The lowest BCUT2D eigenvalue weighted by Gasteiger charge is -2.12. The fraction of sp³-hybridized carbons (Fsp3) is 0.357. The molecule has 2 N–H and O–H groups in total. The molecule has 1 saturated heterocycles. The molecule has 1 atom stereocenters. The lowest BCUT2D eigenvalue weighted by molar-refractivity contribution is 0.551. The van der Waals surface area contributed by atoms with Gasteiger partial charge in [-0.3, -0.25) is 0 Å². The summed E-state index contributed by atoms with van der Waals surface area (Å²) in [5, 5.41) is 3.82. The van der Waals surface area contributed by atoms with Crippen LogP contribution in [0.2, 0.25) is 0 Å². The third-order valence-electron chi connectivity index (χ3n) is 3.58. The van der Waals surface area contributed by atoms with Crippen molar-refractivity contribution in [2.45, 2.75) is 23.8 Å². The lowest BCUT2D eigenvalue weighted by atomic mass is 10.2. The predicted molar refractivity (Wildman–Crippen MR) is 78.7 cm³/mol. The molecular formula is C14H16N2O4S. The summed E-state index contributed by atoms with van der Waals surface area (Å²) in [7, 11) is -3.56. The van der Waals surface area contributed by atoms with Crippen molar-refractivity contribution in [3.63, 3.8) is 0 Å².